The van der Waals surface area contributed by atoms with Gasteiger partial charge in [-0.25, -0.2) is 0 Å². The summed E-state index contributed by atoms with van der Waals surface area (Å²) in [5.74, 6) is 1.50. The van der Waals surface area contributed by atoms with Crippen molar-refractivity contribution in [1.82, 2.24) is 0 Å². The molecule has 3 nitrogen and oxygen atoms in total. The molecule has 2 aliphatic carbocycles. The Morgan fingerprint density at radius 3 is 2.41 bits per heavy atom. The van der Waals surface area contributed by atoms with Gasteiger partial charge in [0.25, 0.3) is 0 Å². The molecule has 1 spiro atoms. The van der Waals surface area contributed by atoms with Crippen molar-refractivity contribution in [3.8, 4) is 0 Å². The van der Waals surface area contributed by atoms with Crippen LogP contribution in [0.5, 0.6) is 0 Å². The maximum absolute atomic E-state index is 12.0. The quantitative estimate of drug-likeness (QED) is 0.824. The van der Waals surface area contributed by atoms with E-state index in [9.17, 15) is 10.2 Å². The van der Waals surface area contributed by atoms with Gasteiger partial charge in [-0.05, 0) is 68.6 Å². The van der Waals surface area contributed by atoms with Crippen LogP contribution in [-0.2, 0) is 4.74 Å². The van der Waals surface area contributed by atoms with Gasteiger partial charge in [0.15, 0.2) is 0 Å². The van der Waals surface area contributed by atoms with Crippen molar-refractivity contribution in [1.29, 1.82) is 0 Å². The highest BCUT2D eigenvalue weighted by Gasteiger charge is 2.79. The third kappa shape index (κ3) is 1.45. The molecule has 4 aliphatic rings. The lowest BCUT2D eigenvalue weighted by Crippen LogP contribution is -2.67. The van der Waals surface area contributed by atoms with E-state index in [1.54, 1.807) is 0 Å². The van der Waals surface area contributed by atoms with Crippen molar-refractivity contribution < 1.29 is 14.9 Å². The van der Waals surface area contributed by atoms with E-state index in [1.165, 1.54) is 6.42 Å². The van der Waals surface area contributed by atoms with Crippen molar-refractivity contribution in [2.75, 3.05) is 6.61 Å². The first-order valence-corrected chi connectivity index (χ1v) is 9.27. The van der Waals surface area contributed by atoms with Crippen molar-refractivity contribution in [3.63, 3.8) is 0 Å². The molecule has 7 atom stereocenters. The maximum Gasteiger partial charge on any atom is 0.105 e. The van der Waals surface area contributed by atoms with E-state index in [4.69, 9.17) is 4.74 Å². The molecule has 3 heteroatoms. The van der Waals surface area contributed by atoms with E-state index in [-0.39, 0.29) is 35.1 Å². The second kappa shape index (κ2) is 4.29. The standard InChI is InChI=1S/C19H32O3/c1-12(2)13-5-6-14-16(13,3)7-9-18-10-8-17(4,22-18)15(11-20)19(14,18)21/h12-15,20-21H,5-11H2,1-4H3/t13-,14-,15+,16-,17-,18+,19-/m0/s1. The first-order valence-electron chi connectivity index (χ1n) is 9.27. The summed E-state index contributed by atoms with van der Waals surface area (Å²) in [4.78, 5) is 0. The van der Waals surface area contributed by atoms with Crippen LogP contribution in [0.3, 0.4) is 0 Å². The fourth-order valence-electron chi connectivity index (χ4n) is 7.49. The summed E-state index contributed by atoms with van der Waals surface area (Å²) in [6, 6.07) is 0. The van der Waals surface area contributed by atoms with E-state index < -0.39 is 5.60 Å². The first kappa shape index (κ1) is 15.4. The highest BCUT2D eigenvalue weighted by molar-refractivity contribution is 5.28. The third-order valence-electron chi connectivity index (χ3n) is 8.45. The summed E-state index contributed by atoms with van der Waals surface area (Å²) in [5, 5.41) is 22.1. The summed E-state index contributed by atoms with van der Waals surface area (Å²) >= 11 is 0. The molecular formula is C19H32O3. The number of hydrogen-bond donors (Lipinski definition) is 2. The Morgan fingerprint density at radius 2 is 1.77 bits per heavy atom. The minimum Gasteiger partial charge on any atom is -0.396 e. The zero-order valence-corrected chi connectivity index (χ0v) is 14.6. The van der Waals surface area contributed by atoms with E-state index in [0.717, 1.165) is 32.1 Å². The second-order valence-corrected chi connectivity index (χ2v) is 9.46. The molecule has 2 heterocycles. The number of aliphatic hydroxyl groups excluding tert-OH is 1. The Balaban J connectivity index is 1.81. The Labute approximate surface area is 134 Å². The Morgan fingerprint density at radius 1 is 1.09 bits per heavy atom. The molecule has 0 amide bonds. The topological polar surface area (TPSA) is 49.7 Å². The molecule has 0 aromatic heterocycles. The lowest BCUT2D eigenvalue weighted by Gasteiger charge is -2.58. The van der Waals surface area contributed by atoms with E-state index in [0.29, 0.717) is 11.8 Å². The van der Waals surface area contributed by atoms with Crippen LogP contribution in [0, 0.1) is 29.1 Å². The molecule has 2 N–H and O–H groups in total. The van der Waals surface area contributed by atoms with Gasteiger partial charge >= 0.3 is 0 Å². The molecule has 2 saturated carbocycles. The number of rotatable bonds is 2. The van der Waals surface area contributed by atoms with Crippen LogP contribution in [0.15, 0.2) is 0 Å². The zero-order chi connectivity index (χ0) is 16.0. The van der Waals surface area contributed by atoms with E-state index in [2.05, 4.69) is 27.7 Å². The fraction of sp³-hybridized carbons (Fsp3) is 1.00. The molecule has 2 saturated heterocycles. The monoisotopic (exact) mass is 308 g/mol. The van der Waals surface area contributed by atoms with Crippen molar-refractivity contribution in [2.45, 2.75) is 83.0 Å². The summed E-state index contributed by atoms with van der Waals surface area (Å²) in [6.45, 7) is 9.23. The first-order chi connectivity index (χ1) is 10.2. The summed E-state index contributed by atoms with van der Waals surface area (Å²) in [7, 11) is 0. The van der Waals surface area contributed by atoms with Crippen molar-refractivity contribution in [3.05, 3.63) is 0 Å². The number of aliphatic hydroxyl groups is 2. The largest absolute Gasteiger partial charge is 0.396 e. The molecule has 22 heavy (non-hydrogen) atoms. The lowest BCUT2D eigenvalue weighted by molar-refractivity contribution is -0.216. The minimum atomic E-state index is -0.828. The molecular weight excluding hydrogens is 276 g/mol. The van der Waals surface area contributed by atoms with Crippen LogP contribution in [0.4, 0.5) is 0 Å². The SMILES string of the molecule is CC(C)[C@@H]1CC[C@H]2[C@@]1(C)CC[C@]13CC[C@](C)(O1)[C@@H](CO)[C@@]23O. The third-order valence-corrected chi connectivity index (χ3v) is 8.45. The summed E-state index contributed by atoms with van der Waals surface area (Å²) < 4.78 is 6.50. The van der Waals surface area contributed by atoms with Crippen LogP contribution in [-0.4, -0.2) is 33.6 Å². The molecule has 0 aromatic carbocycles. The van der Waals surface area contributed by atoms with Gasteiger partial charge in [-0.15, -0.1) is 0 Å². The Hall–Kier alpha value is -0.120. The fourth-order valence-corrected chi connectivity index (χ4v) is 7.49. The van der Waals surface area contributed by atoms with Gasteiger partial charge in [0.05, 0.1) is 17.8 Å². The van der Waals surface area contributed by atoms with Crippen LogP contribution in [0.25, 0.3) is 0 Å². The van der Waals surface area contributed by atoms with Crippen molar-refractivity contribution >= 4 is 0 Å². The number of fused-ring (bicyclic) bond motifs is 3. The molecule has 4 rings (SSSR count). The maximum atomic E-state index is 12.0. The molecule has 126 valence electrons. The molecule has 0 unspecified atom stereocenters. The Kier molecular flexibility index (Phi) is 3.00. The highest BCUT2D eigenvalue weighted by Crippen LogP contribution is 2.73. The summed E-state index contributed by atoms with van der Waals surface area (Å²) in [5.41, 5.74) is -1.34. The van der Waals surface area contributed by atoms with Gasteiger partial charge in [0.1, 0.15) is 5.60 Å². The molecule has 4 fully saturated rings. The zero-order valence-electron chi connectivity index (χ0n) is 14.6. The van der Waals surface area contributed by atoms with Crippen LogP contribution < -0.4 is 0 Å². The molecule has 2 aliphatic heterocycles. The van der Waals surface area contributed by atoms with Crippen LogP contribution in [0.2, 0.25) is 0 Å². The predicted octanol–water partition coefficient (Wildman–Crippen LogP) is 3.13. The minimum absolute atomic E-state index is 0.0493. The van der Waals surface area contributed by atoms with E-state index >= 15 is 0 Å². The van der Waals surface area contributed by atoms with Gasteiger partial charge in [-0.2, -0.15) is 0 Å². The second-order valence-electron chi connectivity index (χ2n) is 9.46. The number of hydrogen-bond acceptors (Lipinski definition) is 3. The lowest BCUT2D eigenvalue weighted by atomic mass is 9.47. The van der Waals surface area contributed by atoms with Gasteiger partial charge in [0.2, 0.25) is 0 Å². The Bertz CT molecular complexity index is 491. The highest BCUT2D eigenvalue weighted by atomic mass is 16.6. The molecule has 0 aromatic rings. The van der Waals surface area contributed by atoms with Gasteiger partial charge < -0.3 is 14.9 Å². The normalized spacial score (nSPS) is 59.9. The van der Waals surface area contributed by atoms with Crippen LogP contribution in [0.1, 0.15) is 66.2 Å². The van der Waals surface area contributed by atoms with E-state index in [1.807, 2.05) is 0 Å². The smallest absolute Gasteiger partial charge is 0.105 e. The van der Waals surface area contributed by atoms with Gasteiger partial charge in [0, 0.05) is 5.92 Å². The van der Waals surface area contributed by atoms with Crippen molar-refractivity contribution in [2.24, 2.45) is 29.1 Å². The van der Waals surface area contributed by atoms with Gasteiger partial charge in [-0.3, -0.25) is 0 Å². The average Bonchev–Trinajstić information content (AvgIpc) is 3.02. The molecule has 2 bridgehead atoms. The average molecular weight is 308 g/mol. The summed E-state index contributed by atoms with van der Waals surface area (Å²) in [6.07, 6.45) is 6.38. The van der Waals surface area contributed by atoms with Crippen LogP contribution >= 0.6 is 0 Å². The predicted molar refractivity (Wildman–Crippen MR) is 85.4 cm³/mol. The molecule has 0 radical (unpaired) electrons. The number of ether oxygens (including phenoxy) is 1. The van der Waals surface area contributed by atoms with Gasteiger partial charge in [-0.1, -0.05) is 20.8 Å².